The highest BCUT2D eigenvalue weighted by Crippen LogP contribution is 2.47. The molecule has 0 amide bonds. The molecule has 1 atom stereocenters. The molecule has 2 aromatic rings. The van der Waals surface area contributed by atoms with Crippen LogP contribution in [0.15, 0.2) is 30.5 Å². The maximum atomic E-state index is 13.6. The summed E-state index contributed by atoms with van der Waals surface area (Å²) >= 11 is 1.90. The molecule has 7 heteroatoms. The Morgan fingerprint density at radius 2 is 2.17 bits per heavy atom. The number of rotatable bonds is 3. The molecule has 0 N–H and O–H groups in total. The van der Waals surface area contributed by atoms with E-state index in [0.29, 0.717) is 0 Å². The number of hydrogen-bond donors (Lipinski definition) is 0. The van der Waals surface area contributed by atoms with Crippen LogP contribution >= 0.6 is 11.8 Å². The lowest BCUT2D eigenvalue weighted by molar-refractivity contribution is 0.185. The summed E-state index contributed by atoms with van der Waals surface area (Å²) in [6, 6.07) is 6.93. The van der Waals surface area contributed by atoms with Gasteiger partial charge >= 0.3 is 0 Å². The highest BCUT2D eigenvalue weighted by molar-refractivity contribution is 8.01. The number of ether oxygens (including phenoxy) is 1. The first-order valence-electron chi connectivity index (χ1n) is 7.60. The molecule has 2 fully saturated rings. The van der Waals surface area contributed by atoms with Gasteiger partial charge < -0.3 is 9.64 Å². The van der Waals surface area contributed by atoms with E-state index in [1.807, 2.05) is 30.8 Å². The van der Waals surface area contributed by atoms with E-state index in [1.54, 1.807) is 12.3 Å². The summed E-state index contributed by atoms with van der Waals surface area (Å²) in [6.45, 7) is 3.79. The molecule has 2 aliphatic rings. The van der Waals surface area contributed by atoms with Gasteiger partial charge in [-0.3, -0.25) is 0 Å². The summed E-state index contributed by atoms with van der Waals surface area (Å²) in [5.74, 6) is 1.49. The molecule has 2 aromatic heterocycles. The van der Waals surface area contributed by atoms with Crippen LogP contribution in [0.25, 0.3) is 0 Å². The van der Waals surface area contributed by atoms with Crippen LogP contribution in [0.1, 0.15) is 12.1 Å². The maximum Gasteiger partial charge on any atom is 0.250 e. The molecule has 4 rings (SSSR count). The molecule has 0 bridgehead atoms. The van der Waals surface area contributed by atoms with Crippen LogP contribution in [0.5, 0.6) is 5.88 Å². The average Bonchev–Trinajstić information content (AvgIpc) is 2.93. The number of aryl methyl sites for hydroxylation is 1. The minimum absolute atomic E-state index is 0.00986. The molecular formula is C16H17FN4OS. The van der Waals surface area contributed by atoms with Crippen LogP contribution in [0.4, 0.5) is 10.2 Å². The van der Waals surface area contributed by atoms with Gasteiger partial charge in [-0.25, -0.2) is 9.37 Å². The first kappa shape index (κ1) is 14.7. The Morgan fingerprint density at radius 3 is 2.91 bits per heavy atom. The number of nitrogens with zero attached hydrogens (tertiary/aromatic N) is 4. The quantitative estimate of drug-likeness (QED) is 0.861. The van der Waals surface area contributed by atoms with E-state index in [4.69, 9.17) is 4.74 Å². The lowest BCUT2D eigenvalue weighted by atomic mass is 9.93. The van der Waals surface area contributed by atoms with Gasteiger partial charge in [0.1, 0.15) is 6.10 Å². The van der Waals surface area contributed by atoms with Gasteiger partial charge in [-0.2, -0.15) is 5.10 Å². The van der Waals surface area contributed by atoms with Crippen LogP contribution in [-0.4, -0.2) is 44.9 Å². The minimum Gasteiger partial charge on any atom is -0.471 e. The molecule has 0 aromatic carbocycles. The summed E-state index contributed by atoms with van der Waals surface area (Å²) in [4.78, 5) is 6.19. The van der Waals surface area contributed by atoms with E-state index >= 15 is 0 Å². The highest BCUT2D eigenvalue weighted by atomic mass is 32.2. The Balaban J connectivity index is 1.36. The van der Waals surface area contributed by atoms with Gasteiger partial charge in [-0.1, -0.05) is 0 Å². The molecule has 1 unspecified atom stereocenters. The Morgan fingerprint density at radius 1 is 1.30 bits per heavy atom. The number of thioether (sulfide) groups is 1. The minimum atomic E-state index is -0.399. The molecule has 120 valence electrons. The number of anilines is 1. The zero-order chi connectivity index (χ0) is 15.9. The van der Waals surface area contributed by atoms with Gasteiger partial charge in [0.05, 0.1) is 10.4 Å². The number of aromatic nitrogens is 3. The van der Waals surface area contributed by atoms with Crippen molar-refractivity contribution in [1.29, 1.82) is 0 Å². The fraction of sp³-hybridized carbons (Fsp3) is 0.438. The predicted molar refractivity (Wildman–Crippen MR) is 87.4 cm³/mol. The summed E-state index contributed by atoms with van der Waals surface area (Å²) < 4.78 is 19.6. The normalized spacial score (nSPS) is 22.2. The van der Waals surface area contributed by atoms with E-state index < -0.39 is 5.82 Å². The number of pyridine rings is 1. The van der Waals surface area contributed by atoms with Gasteiger partial charge in [0.2, 0.25) is 0 Å². The molecule has 0 radical (unpaired) electrons. The van der Waals surface area contributed by atoms with Gasteiger partial charge in [-0.15, -0.1) is 16.9 Å². The van der Waals surface area contributed by atoms with Crippen molar-refractivity contribution >= 4 is 17.6 Å². The van der Waals surface area contributed by atoms with E-state index in [-0.39, 0.29) is 16.7 Å². The van der Waals surface area contributed by atoms with Gasteiger partial charge in [-0.05, 0) is 31.2 Å². The number of hydrogen-bond acceptors (Lipinski definition) is 6. The molecule has 1 spiro atoms. The van der Waals surface area contributed by atoms with Crippen LogP contribution in [0, 0.1) is 12.7 Å². The zero-order valence-electron chi connectivity index (χ0n) is 12.8. The summed E-state index contributed by atoms with van der Waals surface area (Å²) in [6.07, 6.45) is 2.47. The van der Waals surface area contributed by atoms with E-state index in [1.165, 1.54) is 6.07 Å². The predicted octanol–water partition coefficient (Wildman–Crippen LogP) is 2.46. The van der Waals surface area contributed by atoms with Crippen LogP contribution in [-0.2, 0) is 0 Å². The molecule has 5 nitrogen and oxygen atoms in total. The molecule has 2 saturated heterocycles. The average molecular weight is 332 g/mol. The largest absolute Gasteiger partial charge is 0.471 e. The summed E-state index contributed by atoms with van der Waals surface area (Å²) in [5.41, 5.74) is 0.921. The van der Waals surface area contributed by atoms with E-state index in [9.17, 15) is 4.39 Å². The van der Waals surface area contributed by atoms with Gasteiger partial charge in [0.15, 0.2) is 11.6 Å². The van der Waals surface area contributed by atoms with Crippen LogP contribution in [0.3, 0.4) is 0 Å². The molecule has 0 aliphatic carbocycles. The van der Waals surface area contributed by atoms with Gasteiger partial charge in [0.25, 0.3) is 5.88 Å². The van der Waals surface area contributed by atoms with Crippen molar-refractivity contribution < 1.29 is 9.13 Å². The second-order valence-corrected chi connectivity index (χ2v) is 7.61. The Kier molecular flexibility index (Phi) is 3.60. The molecule has 2 aliphatic heterocycles. The first-order chi connectivity index (χ1) is 11.1. The molecule has 4 heterocycles. The third-order valence-corrected chi connectivity index (χ3v) is 5.82. The van der Waals surface area contributed by atoms with Crippen molar-refractivity contribution in [3.63, 3.8) is 0 Å². The number of halogens is 1. The standard InChI is InChI=1S/C16H17FN4OS/c1-11-4-5-14(20-19-11)21-9-16(10-21)7-12(8-23-16)22-15-13(17)3-2-6-18-15/h2-6,12H,7-10H2,1H3. The fourth-order valence-corrected chi connectivity index (χ4v) is 4.61. The Labute approximate surface area is 138 Å². The van der Waals surface area contributed by atoms with E-state index in [2.05, 4.69) is 20.1 Å². The monoisotopic (exact) mass is 332 g/mol. The van der Waals surface area contributed by atoms with Crippen molar-refractivity contribution in [2.45, 2.75) is 24.2 Å². The molecule has 23 heavy (non-hydrogen) atoms. The van der Waals surface area contributed by atoms with Crippen molar-refractivity contribution in [3.05, 3.63) is 42.0 Å². The lowest BCUT2D eigenvalue weighted by Crippen LogP contribution is -2.59. The molecular weight excluding hydrogens is 315 g/mol. The van der Waals surface area contributed by atoms with E-state index in [0.717, 1.165) is 36.8 Å². The SMILES string of the molecule is Cc1ccc(N2CC3(CC(Oc4ncccc4F)CS3)C2)nn1. The topological polar surface area (TPSA) is 51.1 Å². The highest BCUT2D eigenvalue weighted by Gasteiger charge is 2.50. The van der Waals surface area contributed by atoms with Crippen molar-refractivity contribution in [1.82, 2.24) is 15.2 Å². The maximum absolute atomic E-state index is 13.6. The molecule has 0 saturated carbocycles. The van der Waals surface area contributed by atoms with Crippen LogP contribution in [0.2, 0.25) is 0 Å². The fourth-order valence-electron chi connectivity index (χ4n) is 3.09. The van der Waals surface area contributed by atoms with Crippen LogP contribution < -0.4 is 9.64 Å². The van der Waals surface area contributed by atoms with Crippen molar-refractivity contribution in [3.8, 4) is 5.88 Å². The lowest BCUT2D eigenvalue weighted by Gasteiger charge is -2.47. The summed E-state index contributed by atoms with van der Waals surface area (Å²) in [5, 5.41) is 8.33. The third-order valence-electron chi connectivity index (χ3n) is 4.24. The summed E-state index contributed by atoms with van der Waals surface area (Å²) in [7, 11) is 0. The first-order valence-corrected chi connectivity index (χ1v) is 8.59. The second-order valence-electron chi connectivity index (χ2n) is 6.12. The Hall–Kier alpha value is -1.89. The van der Waals surface area contributed by atoms with Crippen molar-refractivity contribution in [2.24, 2.45) is 0 Å². The zero-order valence-corrected chi connectivity index (χ0v) is 13.6. The Bertz CT molecular complexity index is 705. The second kappa shape index (κ2) is 5.63. The third kappa shape index (κ3) is 2.85. The van der Waals surface area contributed by atoms with Gasteiger partial charge in [0, 0.05) is 31.5 Å². The smallest absolute Gasteiger partial charge is 0.250 e. The van der Waals surface area contributed by atoms with Crippen molar-refractivity contribution in [2.75, 3.05) is 23.7 Å².